The van der Waals surface area contributed by atoms with Crippen molar-refractivity contribution in [3.63, 3.8) is 0 Å². The van der Waals surface area contributed by atoms with Gasteiger partial charge in [-0.3, -0.25) is 4.79 Å². The van der Waals surface area contributed by atoms with E-state index in [4.69, 9.17) is 4.74 Å². The van der Waals surface area contributed by atoms with Gasteiger partial charge in [-0.05, 0) is 41.8 Å². The fourth-order valence-electron chi connectivity index (χ4n) is 3.84. The molecule has 1 heterocycles. The van der Waals surface area contributed by atoms with Gasteiger partial charge >= 0.3 is 5.97 Å². The predicted molar refractivity (Wildman–Crippen MR) is 139 cm³/mol. The fraction of sp³-hybridized carbons (Fsp3) is 0.222. The number of hydrogen-bond donors (Lipinski definition) is 1. The summed E-state index contributed by atoms with van der Waals surface area (Å²) in [7, 11) is -3.23. The average molecular weight is 506 g/mol. The minimum absolute atomic E-state index is 0.0271. The van der Waals surface area contributed by atoms with E-state index in [2.05, 4.69) is 10.3 Å². The highest BCUT2D eigenvalue weighted by molar-refractivity contribution is 7.90. The zero-order valence-electron chi connectivity index (χ0n) is 20.1. The number of sulfone groups is 1. The van der Waals surface area contributed by atoms with Crippen molar-refractivity contribution in [2.24, 2.45) is 0 Å². The van der Waals surface area contributed by atoms with Gasteiger partial charge in [0.25, 0.3) is 5.91 Å². The number of esters is 1. The van der Waals surface area contributed by atoms with Crippen molar-refractivity contribution >= 4 is 32.7 Å². The third-order valence-corrected chi connectivity index (χ3v) is 6.57. The van der Waals surface area contributed by atoms with Gasteiger partial charge in [0.1, 0.15) is 9.84 Å². The van der Waals surface area contributed by atoms with Crippen LogP contribution < -0.4 is 5.32 Å². The molecule has 4 aromatic rings. The van der Waals surface area contributed by atoms with E-state index in [0.29, 0.717) is 23.1 Å². The first kappa shape index (κ1) is 25.1. The molecule has 36 heavy (non-hydrogen) atoms. The summed E-state index contributed by atoms with van der Waals surface area (Å²) in [6, 6.07) is 22.9. The zero-order chi connectivity index (χ0) is 25.7. The quantitative estimate of drug-likeness (QED) is 0.348. The molecular weight excluding hydrogens is 478 g/mol. The Kier molecular flexibility index (Phi) is 7.49. The Balaban J connectivity index is 1.69. The summed E-state index contributed by atoms with van der Waals surface area (Å²) in [5, 5.41) is 2.64. The fourth-order valence-corrected chi connectivity index (χ4v) is 4.32. The molecular formula is C27H27N3O5S. The highest BCUT2D eigenvalue weighted by Crippen LogP contribution is 2.23. The van der Waals surface area contributed by atoms with Crippen LogP contribution in [0.15, 0.2) is 72.8 Å². The number of imidazole rings is 1. The molecule has 1 N–H and O–H groups in total. The van der Waals surface area contributed by atoms with Crippen LogP contribution in [-0.2, 0) is 21.1 Å². The predicted octanol–water partition coefficient (Wildman–Crippen LogP) is 3.70. The van der Waals surface area contributed by atoms with Crippen molar-refractivity contribution in [1.29, 1.82) is 0 Å². The smallest absolute Gasteiger partial charge is 0.338 e. The van der Waals surface area contributed by atoms with Gasteiger partial charge in [-0.15, -0.1) is 0 Å². The maximum Gasteiger partial charge on any atom is 0.338 e. The van der Waals surface area contributed by atoms with Gasteiger partial charge in [0, 0.05) is 19.3 Å². The first-order chi connectivity index (χ1) is 17.2. The molecule has 0 radical (unpaired) electrons. The Bertz CT molecular complexity index is 1490. The van der Waals surface area contributed by atoms with Gasteiger partial charge in [-0.1, -0.05) is 54.6 Å². The molecule has 0 saturated carbocycles. The molecule has 186 valence electrons. The van der Waals surface area contributed by atoms with Gasteiger partial charge < -0.3 is 14.6 Å². The molecule has 9 heteroatoms. The molecule has 1 aromatic heterocycles. The molecule has 3 aromatic carbocycles. The molecule has 8 nitrogen and oxygen atoms in total. The van der Waals surface area contributed by atoms with Crippen molar-refractivity contribution < 1.29 is 22.7 Å². The lowest BCUT2D eigenvalue weighted by molar-refractivity contribution is 0.0526. The van der Waals surface area contributed by atoms with E-state index < -0.39 is 21.7 Å². The highest BCUT2D eigenvalue weighted by Gasteiger charge is 2.20. The lowest BCUT2D eigenvalue weighted by Crippen LogP contribution is -2.31. The van der Waals surface area contributed by atoms with Crippen molar-refractivity contribution in [3.8, 4) is 11.1 Å². The van der Waals surface area contributed by atoms with E-state index in [0.717, 1.165) is 22.9 Å². The number of hydrogen-bond acceptors (Lipinski definition) is 6. The molecule has 4 rings (SSSR count). The van der Waals surface area contributed by atoms with Gasteiger partial charge in [-0.25, -0.2) is 18.2 Å². The van der Waals surface area contributed by atoms with E-state index in [1.807, 2.05) is 54.6 Å². The number of fused-ring (bicyclic) bond motifs is 1. The summed E-state index contributed by atoms with van der Waals surface area (Å²) >= 11 is 0. The van der Waals surface area contributed by atoms with E-state index in [9.17, 15) is 18.0 Å². The second-order valence-corrected chi connectivity index (χ2v) is 10.7. The molecule has 0 atom stereocenters. The average Bonchev–Trinajstić information content (AvgIpc) is 3.22. The molecule has 0 spiro atoms. The Hall–Kier alpha value is -3.98. The topological polar surface area (TPSA) is 107 Å². The molecule has 0 aliphatic rings. The standard InChI is InChI=1S/C27H27N3O5S/c1-3-35-27(32)22-13-14-23-24(17-22)30(25(29-23)26(31)28-15-16-36(2,33)34)18-19-9-11-21(12-10-19)20-7-5-4-6-8-20/h4-14,17H,3,15-16,18H2,1-2H3,(H,28,31). The number of carbonyl (C=O) groups excluding carboxylic acids is 2. The highest BCUT2D eigenvalue weighted by atomic mass is 32.2. The van der Waals surface area contributed by atoms with E-state index in [1.165, 1.54) is 0 Å². The van der Waals surface area contributed by atoms with Crippen molar-refractivity contribution in [2.45, 2.75) is 13.5 Å². The minimum Gasteiger partial charge on any atom is -0.462 e. The van der Waals surface area contributed by atoms with Gasteiger partial charge in [0.2, 0.25) is 0 Å². The lowest BCUT2D eigenvalue weighted by Gasteiger charge is -2.11. The van der Waals surface area contributed by atoms with Gasteiger partial charge in [-0.2, -0.15) is 0 Å². The normalized spacial score (nSPS) is 11.4. The number of nitrogens with zero attached hydrogens (tertiary/aromatic N) is 2. The summed E-state index contributed by atoms with van der Waals surface area (Å²) in [5.41, 5.74) is 4.59. The van der Waals surface area contributed by atoms with E-state index in [1.54, 1.807) is 29.7 Å². The van der Waals surface area contributed by atoms with E-state index in [-0.39, 0.29) is 24.7 Å². The maximum absolute atomic E-state index is 13.0. The van der Waals surface area contributed by atoms with Crippen LogP contribution in [0.1, 0.15) is 33.5 Å². The number of rotatable bonds is 9. The van der Waals surface area contributed by atoms with Crippen LogP contribution in [-0.4, -0.2) is 55.0 Å². The van der Waals surface area contributed by atoms with Crippen LogP contribution in [0.2, 0.25) is 0 Å². The van der Waals surface area contributed by atoms with Crippen LogP contribution in [0.3, 0.4) is 0 Å². The number of benzene rings is 3. The van der Waals surface area contributed by atoms with Crippen LogP contribution in [0.4, 0.5) is 0 Å². The Morgan fingerprint density at radius 2 is 1.67 bits per heavy atom. The molecule has 0 bridgehead atoms. The van der Waals surface area contributed by atoms with Crippen molar-refractivity contribution in [1.82, 2.24) is 14.9 Å². The molecule has 0 unspecified atom stereocenters. The van der Waals surface area contributed by atoms with E-state index >= 15 is 0 Å². The van der Waals surface area contributed by atoms with Crippen LogP contribution in [0.25, 0.3) is 22.2 Å². The third-order valence-electron chi connectivity index (χ3n) is 5.62. The number of aromatic nitrogens is 2. The number of carbonyl (C=O) groups is 2. The molecule has 1 amide bonds. The molecule has 0 saturated heterocycles. The van der Waals surface area contributed by atoms with Crippen LogP contribution in [0, 0.1) is 0 Å². The first-order valence-electron chi connectivity index (χ1n) is 11.5. The van der Waals surface area contributed by atoms with Crippen LogP contribution >= 0.6 is 0 Å². The summed E-state index contributed by atoms with van der Waals surface area (Å²) in [6.45, 7) is 2.28. The zero-order valence-corrected chi connectivity index (χ0v) is 20.9. The number of nitrogens with one attached hydrogen (secondary N) is 1. The Labute approximate surface area is 209 Å². The Morgan fingerprint density at radius 3 is 2.33 bits per heavy atom. The lowest BCUT2D eigenvalue weighted by atomic mass is 10.0. The molecule has 0 aliphatic carbocycles. The summed E-state index contributed by atoms with van der Waals surface area (Å²) in [4.78, 5) is 29.8. The van der Waals surface area contributed by atoms with Crippen molar-refractivity contribution in [3.05, 3.63) is 89.7 Å². The summed E-state index contributed by atoms with van der Waals surface area (Å²) < 4.78 is 29.8. The third kappa shape index (κ3) is 5.98. The summed E-state index contributed by atoms with van der Waals surface area (Å²) in [5.74, 6) is -0.994. The van der Waals surface area contributed by atoms with Crippen LogP contribution in [0.5, 0.6) is 0 Å². The first-order valence-corrected chi connectivity index (χ1v) is 13.6. The largest absolute Gasteiger partial charge is 0.462 e. The van der Waals surface area contributed by atoms with Gasteiger partial charge in [0.15, 0.2) is 5.82 Å². The monoisotopic (exact) mass is 505 g/mol. The maximum atomic E-state index is 13.0. The second-order valence-electron chi connectivity index (χ2n) is 8.39. The summed E-state index contributed by atoms with van der Waals surface area (Å²) in [6.07, 6.45) is 1.12. The van der Waals surface area contributed by atoms with Gasteiger partial charge in [0.05, 0.1) is 29.0 Å². The molecule has 0 fully saturated rings. The Morgan fingerprint density at radius 1 is 0.972 bits per heavy atom. The van der Waals surface area contributed by atoms with Crippen molar-refractivity contribution in [2.75, 3.05) is 25.2 Å². The molecule has 0 aliphatic heterocycles. The number of ether oxygens (including phenoxy) is 1. The second kappa shape index (κ2) is 10.7. The minimum atomic E-state index is -3.23. The number of amides is 1. The SMILES string of the molecule is CCOC(=O)c1ccc2nc(C(=O)NCCS(C)(=O)=O)n(Cc3ccc(-c4ccccc4)cc3)c2c1.